The van der Waals surface area contributed by atoms with Gasteiger partial charge in [-0.2, -0.15) is 0 Å². The van der Waals surface area contributed by atoms with Crippen LogP contribution in [0.25, 0.3) is 0 Å². The van der Waals surface area contributed by atoms with Crippen molar-refractivity contribution in [2.75, 3.05) is 12.4 Å². The van der Waals surface area contributed by atoms with Gasteiger partial charge in [0.05, 0.1) is 22.8 Å². The van der Waals surface area contributed by atoms with E-state index in [1.807, 2.05) is 0 Å². The maximum Gasteiger partial charge on any atom is 0.339 e. The Kier molecular flexibility index (Phi) is 4.28. The topological polar surface area (TPSA) is 60.4 Å². The summed E-state index contributed by atoms with van der Waals surface area (Å²) in [7, 11) is -3.41. The molecule has 0 saturated carbocycles. The van der Waals surface area contributed by atoms with Gasteiger partial charge < -0.3 is 4.74 Å². The van der Waals surface area contributed by atoms with Crippen molar-refractivity contribution < 1.29 is 17.9 Å². The van der Waals surface area contributed by atoms with E-state index in [9.17, 15) is 13.2 Å². The van der Waals surface area contributed by atoms with Crippen LogP contribution in [0.4, 0.5) is 0 Å². The van der Waals surface area contributed by atoms with Crippen LogP contribution in [0.15, 0.2) is 23.1 Å². The van der Waals surface area contributed by atoms with Gasteiger partial charge in [0.15, 0.2) is 9.84 Å². The fraction of sp³-hybridized carbons (Fsp3) is 0.417. The second-order valence-electron chi connectivity index (χ2n) is 3.62. The largest absolute Gasteiger partial charge is 0.462 e. The molecule has 0 saturated heterocycles. The smallest absolute Gasteiger partial charge is 0.339 e. The Balaban J connectivity index is 3.37. The van der Waals surface area contributed by atoms with Crippen LogP contribution >= 0.6 is 0 Å². The fourth-order valence-electron chi connectivity index (χ4n) is 1.44. The van der Waals surface area contributed by atoms with Gasteiger partial charge >= 0.3 is 5.97 Å². The number of esters is 1. The first-order chi connectivity index (χ1) is 7.92. The highest BCUT2D eigenvalue weighted by Crippen LogP contribution is 2.19. The molecule has 5 heteroatoms. The lowest BCUT2D eigenvalue weighted by Gasteiger charge is -2.09. The van der Waals surface area contributed by atoms with Gasteiger partial charge in [-0.05, 0) is 26.0 Å². The number of benzene rings is 1. The van der Waals surface area contributed by atoms with Crippen molar-refractivity contribution in [1.29, 1.82) is 0 Å². The molecule has 94 valence electrons. The lowest BCUT2D eigenvalue weighted by atomic mass is 10.1. The minimum absolute atomic E-state index is 0.0392. The van der Waals surface area contributed by atoms with E-state index < -0.39 is 15.8 Å². The van der Waals surface area contributed by atoms with E-state index in [0.29, 0.717) is 0 Å². The first-order valence-corrected chi connectivity index (χ1v) is 7.08. The number of aryl methyl sites for hydroxylation is 1. The van der Waals surface area contributed by atoms with Gasteiger partial charge in [-0.15, -0.1) is 0 Å². The average molecular weight is 256 g/mol. The lowest BCUT2D eigenvalue weighted by molar-refractivity contribution is 0.0521. The molecule has 0 aliphatic heterocycles. The highest BCUT2D eigenvalue weighted by Gasteiger charge is 2.21. The van der Waals surface area contributed by atoms with Gasteiger partial charge in [0.25, 0.3) is 0 Å². The zero-order valence-corrected chi connectivity index (χ0v) is 11.0. The molecule has 0 atom stereocenters. The number of carbonyl (C=O) groups excluding carboxylic acids is 1. The summed E-state index contributed by atoms with van der Waals surface area (Å²) in [5.41, 5.74) is 0.941. The Morgan fingerprint density at radius 2 is 1.94 bits per heavy atom. The molecule has 0 fully saturated rings. The molecule has 0 N–H and O–H groups in total. The highest BCUT2D eigenvalue weighted by molar-refractivity contribution is 7.91. The van der Waals surface area contributed by atoms with Crippen molar-refractivity contribution in [3.05, 3.63) is 29.3 Å². The highest BCUT2D eigenvalue weighted by atomic mass is 32.2. The molecule has 0 spiro atoms. The predicted molar refractivity (Wildman–Crippen MR) is 64.9 cm³/mol. The van der Waals surface area contributed by atoms with Crippen molar-refractivity contribution in [3.8, 4) is 0 Å². The third-order valence-electron chi connectivity index (χ3n) is 2.35. The Morgan fingerprint density at radius 1 is 1.29 bits per heavy atom. The standard InChI is InChI=1S/C12H16O4S/c1-4-16-12(13)10-8-9(3)6-7-11(10)17(14,15)5-2/h6-8H,4-5H2,1-3H3. The second kappa shape index (κ2) is 5.31. The van der Waals surface area contributed by atoms with Gasteiger partial charge in [-0.1, -0.05) is 18.6 Å². The van der Waals surface area contributed by atoms with Gasteiger partial charge in [0, 0.05) is 0 Å². The zero-order chi connectivity index (χ0) is 13.1. The quantitative estimate of drug-likeness (QED) is 0.773. The summed E-state index contributed by atoms with van der Waals surface area (Å²) in [5.74, 6) is -0.633. The summed E-state index contributed by atoms with van der Waals surface area (Å²) in [5, 5.41) is 0. The van der Waals surface area contributed by atoms with Crippen molar-refractivity contribution in [2.24, 2.45) is 0 Å². The molecule has 0 unspecified atom stereocenters. The summed E-state index contributed by atoms with van der Waals surface area (Å²) in [4.78, 5) is 11.7. The molecular weight excluding hydrogens is 240 g/mol. The number of hydrogen-bond acceptors (Lipinski definition) is 4. The van der Waals surface area contributed by atoms with E-state index in [1.165, 1.54) is 6.07 Å². The fourth-order valence-corrected chi connectivity index (χ4v) is 2.50. The third-order valence-corrected chi connectivity index (χ3v) is 4.13. The maximum atomic E-state index is 11.8. The number of sulfone groups is 1. The zero-order valence-electron chi connectivity index (χ0n) is 10.2. The molecule has 0 radical (unpaired) electrons. The van der Waals surface area contributed by atoms with Crippen LogP contribution < -0.4 is 0 Å². The van der Waals surface area contributed by atoms with E-state index in [-0.39, 0.29) is 22.8 Å². The molecule has 0 bridgehead atoms. The van der Waals surface area contributed by atoms with Crippen LogP contribution in [-0.4, -0.2) is 26.7 Å². The van der Waals surface area contributed by atoms with Crippen LogP contribution in [-0.2, 0) is 14.6 Å². The molecule has 17 heavy (non-hydrogen) atoms. The average Bonchev–Trinajstić information content (AvgIpc) is 2.29. The van der Waals surface area contributed by atoms with E-state index in [2.05, 4.69) is 0 Å². The normalized spacial score (nSPS) is 11.2. The summed E-state index contributed by atoms with van der Waals surface area (Å²) < 4.78 is 28.5. The molecule has 0 heterocycles. The van der Waals surface area contributed by atoms with Crippen molar-refractivity contribution in [1.82, 2.24) is 0 Å². The van der Waals surface area contributed by atoms with Gasteiger partial charge in [-0.3, -0.25) is 0 Å². The van der Waals surface area contributed by atoms with Crippen molar-refractivity contribution in [3.63, 3.8) is 0 Å². The lowest BCUT2D eigenvalue weighted by Crippen LogP contribution is -2.13. The Labute approximate surface area is 102 Å². The molecule has 4 nitrogen and oxygen atoms in total. The van der Waals surface area contributed by atoms with Crippen molar-refractivity contribution >= 4 is 15.8 Å². The van der Waals surface area contributed by atoms with E-state index in [1.54, 1.807) is 32.9 Å². The Morgan fingerprint density at radius 3 is 2.47 bits per heavy atom. The first kappa shape index (κ1) is 13.7. The van der Waals surface area contributed by atoms with Crippen LogP contribution in [0.1, 0.15) is 29.8 Å². The molecule has 0 aliphatic rings. The van der Waals surface area contributed by atoms with E-state index in [4.69, 9.17) is 4.74 Å². The number of hydrogen-bond donors (Lipinski definition) is 0. The molecule has 1 aromatic carbocycles. The molecule has 0 aromatic heterocycles. The third kappa shape index (κ3) is 3.06. The van der Waals surface area contributed by atoms with Crippen LogP contribution in [0, 0.1) is 6.92 Å². The first-order valence-electron chi connectivity index (χ1n) is 5.43. The van der Waals surface area contributed by atoms with Crippen LogP contribution in [0.3, 0.4) is 0 Å². The summed E-state index contributed by atoms with van der Waals surface area (Å²) in [6.45, 7) is 5.25. The monoisotopic (exact) mass is 256 g/mol. The molecule has 1 aromatic rings. The number of rotatable bonds is 4. The van der Waals surface area contributed by atoms with E-state index >= 15 is 0 Å². The van der Waals surface area contributed by atoms with Gasteiger partial charge in [-0.25, -0.2) is 13.2 Å². The summed E-state index contributed by atoms with van der Waals surface area (Å²) >= 11 is 0. The summed E-state index contributed by atoms with van der Waals surface area (Å²) in [6, 6.07) is 4.67. The maximum absolute atomic E-state index is 11.8. The second-order valence-corrected chi connectivity index (χ2v) is 5.87. The minimum Gasteiger partial charge on any atom is -0.462 e. The number of carbonyl (C=O) groups is 1. The molecule has 0 aliphatic carbocycles. The van der Waals surface area contributed by atoms with Crippen molar-refractivity contribution in [2.45, 2.75) is 25.7 Å². The number of ether oxygens (including phenoxy) is 1. The Bertz CT molecular complexity index is 517. The van der Waals surface area contributed by atoms with Gasteiger partial charge in [0.2, 0.25) is 0 Å². The molecule has 0 amide bonds. The van der Waals surface area contributed by atoms with Crippen LogP contribution in [0.2, 0.25) is 0 Å². The Hall–Kier alpha value is -1.36. The van der Waals surface area contributed by atoms with Crippen LogP contribution in [0.5, 0.6) is 0 Å². The minimum atomic E-state index is -3.41. The molecular formula is C12H16O4S. The summed E-state index contributed by atoms with van der Waals surface area (Å²) in [6.07, 6.45) is 0. The van der Waals surface area contributed by atoms with E-state index in [0.717, 1.165) is 5.56 Å². The predicted octanol–water partition coefficient (Wildman–Crippen LogP) is 1.97. The van der Waals surface area contributed by atoms with Gasteiger partial charge in [0.1, 0.15) is 0 Å². The SMILES string of the molecule is CCOC(=O)c1cc(C)ccc1S(=O)(=O)CC. The molecule has 1 rings (SSSR count).